The van der Waals surface area contributed by atoms with E-state index < -0.39 is 42.9 Å². The second kappa shape index (κ2) is 11.9. The zero-order chi connectivity index (χ0) is 31.0. The summed E-state index contributed by atoms with van der Waals surface area (Å²) in [5, 5.41) is 13.5. The minimum Gasteiger partial charge on any atom is -0.376 e. The molecule has 1 aliphatic carbocycles. The number of thiocarbonyl (C=S) groups is 1. The van der Waals surface area contributed by atoms with E-state index in [1.807, 2.05) is 0 Å². The third-order valence-corrected chi connectivity index (χ3v) is 11.2. The molecule has 1 fully saturated rings. The summed E-state index contributed by atoms with van der Waals surface area (Å²) in [7, 11) is -7.94. The third kappa shape index (κ3) is 6.69. The SMILES string of the molecule is CC(O)(c1ccc([C@]2(CN(Cc3ccccc3)S(C)(=O)=O)CN(S(=O)(=O)C3=CC=CCC3=S)CCN2)cc1)C(F)(F)F. The summed E-state index contributed by atoms with van der Waals surface area (Å²) >= 11 is 5.32. The van der Waals surface area contributed by atoms with Gasteiger partial charge in [0.05, 0.1) is 16.7 Å². The summed E-state index contributed by atoms with van der Waals surface area (Å²) in [6.07, 6.45) is 1.17. The molecule has 0 radical (unpaired) electrons. The third-order valence-electron chi connectivity index (χ3n) is 7.52. The van der Waals surface area contributed by atoms with Gasteiger partial charge in [-0.1, -0.05) is 79.0 Å². The normalized spacial score (nSPS) is 22.2. The monoisotopic (exact) mass is 643 g/mol. The Balaban J connectivity index is 1.80. The maximum Gasteiger partial charge on any atom is 0.421 e. The highest BCUT2D eigenvalue weighted by molar-refractivity contribution is 7.96. The first-order chi connectivity index (χ1) is 19.5. The Bertz CT molecular complexity index is 1590. The molecule has 0 amide bonds. The van der Waals surface area contributed by atoms with E-state index in [4.69, 9.17) is 12.2 Å². The summed E-state index contributed by atoms with van der Waals surface area (Å²) in [4.78, 5) is 0.235. The second-order valence-electron chi connectivity index (χ2n) is 10.6. The number of halogens is 3. The van der Waals surface area contributed by atoms with E-state index in [0.29, 0.717) is 18.1 Å². The van der Waals surface area contributed by atoms with Gasteiger partial charge in [-0.2, -0.15) is 21.8 Å². The van der Waals surface area contributed by atoms with Crippen LogP contribution in [-0.2, 0) is 37.7 Å². The number of allylic oxidation sites excluding steroid dienone is 4. The van der Waals surface area contributed by atoms with E-state index in [1.165, 1.54) is 26.8 Å². The lowest BCUT2D eigenvalue weighted by Gasteiger charge is -2.46. The molecule has 2 aromatic rings. The number of aliphatic hydroxyl groups is 1. The summed E-state index contributed by atoms with van der Waals surface area (Å²) in [5.41, 5.74) is -3.86. The van der Waals surface area contributed by atoms with Crippen LogP contribution in [0.25, 0.3) is 0 Å². The average molecular weight is 644 g/mol. The fraction of sp³-hybridized carbons (Fsp3) is 0.393. The van der Waals surface area contributed by atoms with Crippen LogP contribution in [0, 0.1) is 0 Å². The first-order valence-electron chi connectivity index (χ1n) is 13.0. The lowest BCUT2D eigenvalue weighted by atomic mass is 9.85. The van der Waals surface area contributed by atoms with E-state index >= 15 is 0 Å². The van der Waals surface area contributed by atoms with Crippen molar-refractivity contribution >= 4 is 37.1 Å². The van der Waals surface area contributed by atoms with Gasteiger partial charge >= 0.3 is 6.18 Å². The highest BCUT2D eigenvalue weighted by Crippen LogP contribution is 2.39. The van der Waals surface area contributed by atoms with Gasteiger partial charge in [-0.15, -0.1) is 0 Å². The number of hydrogen-bond donors (Lipinski definition) is 2. The first kappa shape index (κ1) is 32.5. The first-order valence-corrected chi connectivity index (χ1v) is 16.7. The van der Waals surface area contributed by atoms with Crippen molar-refractivity contribution in [2.24, 2.45) is 0 Å². The molecule has 2 aliphatic rings. The van der Waals surface area contributed by atoms with Gasteiger partial charge in [0.25, 0.3) is 0 Å². The van der Waals surface area contributed by atoms with E-state index in [9.17, 15) is 35.1 Å². The van der Waals surface area contributed by atoms with Crippen molar-refractivity contribution in [2.45, 2.75) is 37.2 Å². The van der Waals surface area contributed by atoms with Crippen molar-refractivity contribution < 1.29 is 35.1 Å². The second-order valence-corrected chi connectivity index (χ2v) is 15.0. The van der Waals surface area contributed by atoms with Crippen molar-refractivity contribution in [1.29, 1.82) is 0 Å². The largest absolute Gasteiger partial charge is 0.421 e. The van der Waals surface area contributed by atoms with Gasteiger partial charge in [-0.25, -0.2) is 16.8 Å². The van der Waals surface area contributed by atoms with E-state index in [1.54, 1.807) is 42.5 Å². The molecule has 42 heavy (non-hydrogen) atoms. The Morgan fingerprint density at radius 2 is 1.71 bits per heavy atom. The summed E-state index contributed by atoms with van der Waals surface area (Å²) < 4.78 is 96.6. The van der Waals surface area contributed by atoms with E-state index in [-0.39, 0.29) is 48.9 Å². The number of hydrogen-bond acceptors (Lipinski definition) is 7. The lowest BCUT2D eigenvalue weighted by Crippen LogP contribution is -2.64. The van der Waals surface area contributed by atoms with Gasteiger partial charge < -0.3 is 10.4 Å². The Labute approximate surface area is 249 Å². The molecular weight excluding hydrogens is 612 g/mol. The number of alkyl halides is 3. The van der Waals surface area contributed by atoms with Crippen LogP contribution < -0.4 is 5.32 Å². The zero-order valence-corrected chi connectivity index (χ0v) is 25.5. The number of nitrogens with zero attached hydrogens (tertiary/aromatic N) is 2. The van der Waals surface area contributed by atoms with Gasteiger partial charge in [0.2, 0.25) is 20.0 Å². The number of rotatable bonds is 9. The van der Waals surface area contributed by atoms with Crippen LogP contribution in [0.2, 0.25) is 0 Å². The van der Waals surface area contributed by atoms with E-state index in [0.717, 1.165) is 18.4 Å². The van der Waals surface area contributed by atoms with Crippen LogP contribution in [0.4, 0.5) is 13.2 Å². The summed E-state index contributed by atoms with van der Waals surface area (Å²) in [6.45, 7) is 0.356. The molecule has 0 saturated carbocycles. The average Bonchev–Trinajstić information content (AvgIpc) is 2.92. The molecule has 2 aromatic carbocycles. The van der Waals surface area contributed by atoms with Gasteiger partial charge in [0, 0.05) is 44.0 Å². The molecule has 2 N–H and O–H groups in total. The number of nitrogens with one attached hydrogen (secondary N) is 1. The van der Waals surface area contributed by atoms with Crippen LogP contribution in [0.1, 0.15) is 30.0 Å². The molecule has 0 aromatic heterocycles. The smallest absolute Gasteiger partial charge is 0.376 e. The van der Waals surface area contributed by atoms with Crippen LogP contribution in [0.5, 0.6) is 0 Å². The molecule has 14 heteroatoms. The van der Waals surface area contributed by atoms with Gasteiger partial charge in [-0.05, 0) is 29.7 Å². The van der Waals surface area contributed by atoms with Gasteiger partial charge in [-0.3, -0.25) is 0 Å². The van der Waals surface area contributed by atoms with Crippen LogP contribution >= 0.6 is 12.2 Å². The number of piperazine rings is 1. The Morgan fingerprint density at radius 1 is 1.07 bits per heavy atom. The molecule has 1 aliphatic heterocycles. The maximum absolute atomic E-state index is 13.8. The van der Waals surface area contributed by atoms with Crippen molar-refractivity contribution in [3.8, 4) is 0 Å². The van der Waals surface area contributed by atoms with E-state index in [2.05, 4.69) is 5.32 Å². The van der Waals surface area contributed by atoms with Crippen molar-refractivity contribution in [3.63, 3.8) is 0 Å². The lowest BCUT2D eigenvalue weighted by molar-refractivity contribution is -0.258. The molecule has 1 saturated heterocycles. The number of sulfonamides is 2. The van der Waals surface area contributed by atoms with Crippen molar-refractivity contribution in [1.82, 2.24) is 13.9 Å². The summed E-state index contributed by atoms with van der Waals surface area (Å²) in [6, 6.07) is 13.8. The Morgan fingerprint density at radius 3 is 2.29 bits per heavy atom. The summed E-state index contributed by atoms with van der Waals surface area (Å²) in [5.74, 6) is 0. The van der Waals surface area contributed by atoms with Gasteiger partial charge in [0.1, 0.15) is 0 Å². The fourth-order valence-corrected chi connectivity index (χ4v) is 7.94. The highest BCUT2D eigenvalue weighted by atomic mass is 32.2. The molecule has 0 spiro atoms. The van der Waals surface area contributed by atoms with Crippen LogP contribution in [0.3, 0.4) is 0 Å². The van der Waals surface area contributed by atoms with Crippen molar-refractivity contribution in [3.05, 3.63) is 94.4 Å². The molecule has 228 valence electrons. The predicted octanol–water partition coefficient (Wildman–Crippen LogP) is 3.56. The highest BCUT2D eigenvalue weighted by Gasteiger charge is 2.51. The zero-order valence-electron chi connectivity index (χ0n) is 23.0. The fourth-order valence-electron chi connectivity index (χ4n) is 5.00. The van der Waals surface area contributed by atoms with Crippen LogP contribution in [-0.4, -0.2) is 74.0 Å². The topological polar surface area (TPSA) is 107 Å². The molecule has 0 bridgehead atoms. The van der Waals surface area contributed by atoms with Crippen LogP contribution in [0.15, 0.2) is 77.7 Å². The molecule has 2 atom stereocenters. The molecule has 1 unspecified atom stereocenters. The molecule has 8 nitrogen and oxygen atoms in total. The number of benzene rings is 2. The van der Waals surface area contributed by atoms with Gasteiger partial charge in [0.15, 0.2) is 5.60 Å². The minimum absolute atomic E-state index is 0.0170. The maximum atomic E-state index is 13.8. The Kier molecular flexibility index (Phi) is 9.20. The molecular formula is C28H32F3N3O5S3. The quantitative estimate of drug-likeness (QED) is 0.403. The molecule has 4 rings (SSSR count). The standard InChI is InChI=1S/C28H32F3N3O5S3/c1-26(35,28(29,30)31)22-12-14-23(15-13-22)27(20-34(41(2,36)37)18-21-8-4-3-5-9-21)19-33(17-16-32-27)42(38,39)25-11-7-6-10-24(25)40/h3-9,11-15,32,35H,10,16-20H2,1-2H3/t26?,27-/m1/s1. The molecule has 1 heterocycles. The van der Waals surface area contributed by atoms with Crippen molar-refractivity contribution in [2.75, 3.05) is 32.4 Å². The Hall–Kier alpha value is -2.46. The minimum atomic E-state index is -4.94. The predicted molar refractivity (Wildman–Crippen MR) is 158 cm³/mol.